The van der Waals surface area contributed by atoms with Gasteiger partial charge in [-0.05, 0) is 37.0 Å². The molecular weight excluding hydrogens is 314 g/mol. The lowest BCUT2D eigenvalue weighted by molar-refractivity contribution is -0.111. The second-order valence-electron chi connectivity index (χ2n) is 6.01. The predicted octanol–water partition coefficient (Wildman–Crippen LogP) is 4.79. The lowest BCUT2D eigenvalue weighted by Gasteiger charge is -2.26. The Morgan fingerprint density at radius 3 is 2.83 bits per heavy atom. The number of nitrogens with zero attached hydrogens (tertiary/aromatic N) is 1. The molecule has 0 bridgehead atoms. The maximum atomic E-state index is 13.2. The average Bonchev–Trinajstić information content (AvgIpc) is 3.02. The molecule has 1 saturated carbocycles. The molecule has 1 aliphatic carbocycles. The van der Waals surface area contributed by atoms with Crippen molar-refractivity contribution in [2.45, 2.75) is 31.6 Å². The van der Waals surface area contributed by atoms with E-state index >= 15 is 0 Å². The van der Waals surface area contributed by atoms with Crippen LogP contribution in [-0.4, -0.2) is 16.8 Å². The highest BCUT2D eigenvalue weighted by Crippen LogP contribution is 2.37. The molecule has 1 amide bonds. The summed E-state index contributed by atoms with van der Waals surface area (Å²) in [6.07, 6.45) is 7.10. The Kier molecular flexibility index (Phi) is 4.46. The van der Waals surface area contributed by atoms with Crippen molar-refractivity contribution < 1.29 is 18.0 Å². The minimum absolute atomic E-state index is 0.0742. The largest absolute Gasteiger partial charge is 0.443 e. The highest BCUT2D eigenvalue weighted by atomic mass is 19.3. The first-order chi connectivity index (χ1) is 11.5. The van der Waals surface area contributed by atoms with Gasteiger partial charge in [0.1, 0.15) is 5.52 Å². The van der Waals surface area contributed by atoms with Crippen LogP contribution in [0, 0.1) is 5.92 Å². The fraction of sp³-hybridized carbons (Fsp3) is 0.333. The van der Waals surface area contributed by atoms with Gasteiger partial charge in [0.05, 0.1) is 0 Å². The van der Waals surface area contributed by atoms with E-state index in [1.165, 1.54) is 12.5 Å². The van der Waals surface area contributed by atoms with Crippen molar-refractivity contribution in [1.29, 1.82) is 0 Å². The highest BCUT2D eigenvalue weighted by molar-refractivity contribution is 6.00. The zero-order chi connectivity index (χ0) is 17.2. The molecule has 0 aliphatic heterocycles. The predicted molar refractivity (Wildman–Crippen MR) is 88.8 cm³/mol. The van der Waals surface area contributed by atoms with E-state index in [1.807, 2.05) is 12.2 Å². The number of allylic oxidation sites excluding steroid dienone is 1. The number of halogens is 2. The van der Waals surface area contributed by atoms with Crippen molar-refractivity contribution in [3.8, 4) is 0 Å². The van der Waals surface area contributed by atoms with Gasteiger partial charge >= 0.3 is 0 Å². The summed E-state index contributed by atoms with van der Waals surface area (Å²) in [6, 6.07) is 3.47. The van der Waals surface area contributed by atoms with Gasteiger partial charge < -0.3 is 9.73 Å². The van der Waals surface area contributed by atoms with E-state index in [-0.39, 0.29) is 24.7 Å². The Labute approximate surface area is 138 Å². The number of rotatable bonds is 4. The number of carbonyl (C=O) groups excluding carboxylic acids is 1. The SMILES string of the molecule is C=CC(=O)Nc1cc(C=CC2CCC(F)(F)CC2)c2ocnc2c1. The maximum Gasteiger partial charge on any atom is 0.248 e. The quantitative estimate of drug-likeness (QED) is 0.819. The van der Waals surface area contributed by atoms with Crippen LogP contribution in [0.2, 0.25) is 0 Å². The number of anilines is 1. The Morgan fingerprint density at radius 2 is 2.12 bits per heavy atom. The molecule has 0 unspecified atom stereocenters. The van der Waals surface area contributed by atoms with Crippen molar-refractivity contribution in [1.82, 2.24) is 4.98 Å². The third-order valence-electron chi connectivity index (χ3n) is 4.22. The summed E-state index contributed by atoms with van der Waals surface area (Å²) >= 11 is 0. The van der Waals surface area contributed by atoms with Crippen LogP contribution in [0.3, 0.4) is 0 Å². The first kappa shape index (κ1) is 16.4. The summed E-state index contributed by atoms with van der Waals surface area (Å²) in [7, 11) is 0. The van der Waals surface area contributed by atoms with Crippen LogP contribution in [-0.2, 0) is 4.79 Å². The first-order valence-electron chi connectivity index (χ1n) is 7.83. The molecule has 4 nitrogen and oxygen atoms in total. The number of carbonyl (C=O) groups is 1. The molecule has 3 rings (SSSR count). The molecule has 0 atom stereocenters. The monoisotopic (exact) mass is 332 g/mol. The van der Waals surface area contributed by atoms with Crippen molar-refractivity contribution in [3.05, 3.63) is 42.8 Å². The molecule has 0 radical (unpaired) electrons. The summed E-state index contributed by atoms with van der Waals surface area (Å²) in [5.74, 6) is -2.73. The third-order valence-corrected chi connectivity index (χ3v) is 4.22. The van der Waals surface area contributed by atoms with Gasteiger partial charge in [-0.3, -0.25) is 4.79 Å². The molecule has 0 saturated heterocycles. The molecule has 1 heterocycles. The number of hydrogen-bond acceptors (Lipinski definition) is 3. The minimum Gasteiger partial charge on any atom is -0.443 e. The second kappa shape index (κ2) is 6.55. The number of nitrogens with one attached hydrogen (secondary N) is 1. The fourth-order valence-electron chi connectivity index (χ4n) is 2.88. The lowest BCUT2D eigenvalue weighted by atomic mass is 9.86. The Balaban J connectivity index is 1.82. The van der Waals surface area contributed by atoms with E-state index in [0.29, 0.717) is 29.6 Å². The van der Waals surface area contributed by atoms with Crippen LogP contribution in [0.1, 0.15) is 31.2 Å². The molecule has 2 aromatic rings. The molecule has 6 heteroatoms. The number of amides is 1. The van der Waals surface area contributed by atoms with Crippen molar-refractivity contribution in [3.63, 3.8) is 0 Å². The zero-order valence-corrected chi connectivity index (χ0v) is 13.1. The molecule has 24 heavy (non-hydrogen) atoms. The summed E-state index contributed by atoms with van der Waals surface area (Å²) in [5.41, 5.74) is 2.55. The van der Waals surface area contributed by atoms with Gasteiger partial charge in [0.25, 0.3) is 0 Å². The Hall–Kier alpha value is -2.50. The van der Waals surface area contributed by atoms with Gasteiger partial charge in [-0.15, -0.1) is 0 Å². The van der Waals surface area contributed by atoms with Gasteiger partial charge in [-0.2, -0.15) is 0 Å². The maximum absolute atomic E-state index is 13.2. The van der Waals surface area contributed by atoms with Crippen molar-refractivity contribution >= 4 is 28.8 Å². The summed E-state index contributed by atoms with van der Waals surface area (Å²) in [4.78, 5) is 15.6. The minimum atomic E-state index is -2.53. The number of aromatic nitrogens is 1. The summed E-state index contributed by atoms with van der Waals surface area (Å²) in [5, 5.41) is 2.69. The van der Waals surface area contributed by atoms with E-state index in [9.17, 15) is 13.6 Å². The average molecular weight is 332 g/mol. The van der Waals surface area contributed by atoms with Gasteiger partial charge in [0.15, 0.2) is 12.0 Å². The molecule has 126 valence electrons. The first-order valence-corrected chi connectivity index (χ1v) is 7.83. The van der Waals surface area contributed by atoms with Gasteiger partial charge in [0.2, 0.25) is 11.8 Å². The third kappa shape index (κ3) is 3.69. The van der Waals surface area contributed by atoms with Crippen LogP contribution >= 0.6 is 0 Å². The van der Waals surface area contributed by atoms with E-state index in [0.717, 1.165) is 5.56 Å². The van der Waals surface area contributed by atoms with Crippen molar-refractivity contribution in [2.75, 3.05) is 5.32 Å². The lowest BCUT2D eigenvalue weighted by Crippen LogP contribution is -2.23. The van der Waals surface area contributed by atoms with Crippen LogP contribution < -0.4 is 5.32 Å². The standard InChI is InChI=1S/C18H18F2N2O2/c1-2-16(23)22-14-9-13(17-15(10-14)21-11-24-17)4-3-12-5-7-18(19,20)8-6-12/h2-4,9-12H,1,5-8H2,(H,22,23). The normalized spacial score (nSPS) is 18.1. The molecule has 0 spiro atoms. The molecule has 1 aromatic heterocycles. The van der Waals surface area contributed by atoms with E-state index < -0.39 is 5.92 Å². The van der Waals surface area contributed by atoms with E-state index in [1.54, 1.807) is 12.1 Å². The van der Waals surface area contributed by atoms with Gasteiger partial charge in [-0.25, -0.2) is 13.8 Å². The fourth-order valence-corrected chi connectivity index (χ4v) is 2.88. The number of benzene rings is 1. The second-order valence-corrected chi connectivity index (χ2v) is 6.01. The number of fused-ring (bicyclic) bond motifs is 1. The zero-order valence-electron chi connectivity index (χ0n) is 13.1. The van der Waals surface area contributed by atoms with E-state index in [4.69, 9.17) is 4.42 Å². The number of hydrogen-bond donors (Lipinski definition) is 1. The van der Waals surface area contributed by atoms with Crippen LogP contribution in [0.15, 0.2) is 41.7 Å². The smallest absolute Gasteiger partial charge is 0.248 e. The molecule has 1 fully saturated rings. The number of alkyl halides is 2. The van der Waals surface area contributed by atoms with Crippen LogP contribution in [0.4, 0.5) is 14.5 Å². The van der Waals surface area contributed by atoms with Crippen LogP contribution in [0.25, 0.3) is 17.2 Å². The molecular formula is C18H18F2N2O2. The molecule has 1 aromatic carbocycles. The summed E-state index contributed by atoms with van der Waals surface area (Å²) in [6.45, 7) is 3.42. The Morgan fingerprint density at radius 1 is 1.38 bits per heavy atom. The topological polar surface area (TPSA) is 55.1 Å². The van der Waals surface area contributed by atoms with Gasteiger partial charge in [0, 0.05) is 24.1 Å². The molecule has 1 N–H and O–H groups in total. The van der Waals surface area contributed by atoms with Crippen molar-refractivity contribution in [2.24, 2.45) is 5.92 Å². The van der Waals surface area contributed by atoms with Gasteiger partial charge in [-0.1, -0.05) is 18.7 Å². The van der Waals surface area contributed by atoms with E-state index in [2.05, 4.69) is 16.9 Å². The number of oxazole rings is 1. The Bertz CT molecular complexity index is 785. The summed E-state index contributed by atoms with van der Waals surface area (Å²) < 4.78 is 31.8. The van der Waals surface area contributed by atoms with Crippen LogP contribution in [0.5, 0.6) is 0 Å². The highest BCUT2D eigenvalue weighted by Gasteiger charge is 2.33. The molecule has 1 aliphatic rings.